The summed E-state index contributed by atoms with van der Waals surface area (Å²) < 4.78 is 0.585. The third-order valence-corrected chi connectivity index (χ3v) is 3.94. The van der Waals surface area contributed by atoms with Gasteiger partial charge in [0.2, 0.25) is 5.91 Å². The molecular formula is C16H13ClIN3O3. The SMILES string of the molecule is CC(=O)Nc1ccc(C(=O)N/N=C\c2cc(Cl)cc(I)c2O)cc1. The molecule has 0 unspecified atom stereocenters. The minimum Gasteiger partial charge on any atom is -0.506 e. The van der Waals surface area contributed by atoms with E-state index < -0.39 is 5.91 Å². The first-order valence-electron chi connectivity index (χ1n) is 6.76. The molecule has 124 valence electrons. The van der Waals surface area contributed by atoms with E-state index in [9.17, 15) is 14.7 Å². The lowest BCUT2D eigenvalue weighted by atomic mass is 10.2. The van der Waals surface area contributed by atoms with Crippen LogP contribution in [0.3, 0.4) is 0 Å². The van der Waals surface area contributed by atoms with E-state index >= 15 is 0 Å². The Kier molecular flexibility index (Phi) is 6.16. The van der Waals surface area contributed by atoms with Gasteiger partial charge in [-0.3, -0.25) is 9.59 Å². The third kappa shape index (κ3) is 4.93. The van der Waals surface area contributed by atoms with Crippen LogP contribution >= 0.6 is 34.2 Å². The van der Waals surface area contributed by atoms with Crippen molar-refractivity contribution in [2.75, 3.05) is 5.32 Å². The van der Waals surface area contributed by atoms with E-state index in [1.807, 2.05) is 22.6 Å². The average molecular weight is 458 g/mol. The lowest BCUT2D eigenvalue weighted by Gasteiger charge is -2.04. The number of hydrogen-bond acceptors (Lipinski definition) is 4. The molecule has 0 saturated carbocycles. The van der Waals surface area contributed by atoms with E-state index in [0.717, 1.165) is 0 Å². The normalized spacial score (nSPS) is 10.6. The second-order valence-electron chi connectivity index (χ2n) is 4.78. The zero-order valence-electron chi connectivity index (χ0n) is 12.5. The Morgan fingerprint density at radius 1 is 1.25 bits per heavy atom. The van der Waals surface area contributed by atoms with E-state index in [0.29, 0.717) is 25.4 Å². The van der Waals surface area contributed by atoms with Crippen molar-refractivity contribution in [2.45, 2.75) is 6.92 Å². The van der Waals surface area contributed by atoms with Crippen LogP contribution in [0.15, 0.2) is 41.5 Å². The highest BCUT2D eigenvalue weighted by Gasteiger charge is 2.07. The highest BCUT2D eigenvalue weighted by Crippen LogP contribution is 2.27. The number of halogens is 2. The van der Waals surface area contributed by atoms with Crippen molar-refractivity contribution in [3.63, 3.8) is 0 Å². The summed E-state index contributed by atoms with van der Waals surface area (Å²) in [5, 5.41) is 16.8. The molecule has 3 N–H and O–H groups in total. The molecule has 8 heteroatoms. The second kappa shape index (κ2) is 8.11. The predicted molar refractivity (Wildman–Crippen MR) is 102 cm³/mol. The third-order valence-electron chi connectivity index (χ3n) is 2.89. The van der Waals surface area contributed by atoms with Crippen LogP contribution in [0.4, 0.5) is 5.69 Å². The van der Waals surface area contributed by atoms with Gasteiger partial charge in [0.15, 0.2) is 0 Å². The highest BCUT2D eigenvalue weighted by molar-refractivity contribution is 14.1. The fourth-order valence-corrected chi connectivity index (χ4v) is 2.88. The molecule has 2 aromatic carbocycles. The highest BCUT2D eigenvalue weighted by atomic mass is 127. The van der Waals surface area contributed by atoms with Crippen molar-refractivity contribution in [3.8, 4) is 5.75 Å². The number of amides is 2. The molecule has 2 rings (SSSR count). The summed E-state index contributed by atoms with van der Waals surface area (Å²) in [6, 6.07) is 9.52. The summed E-state index contributed by atoms with van der Waals surface area (Å²) in [6.07, 6.45) is 1.31. The minimum atomic E-state index is -0.420. The molecule has 0 radical (unpaired) electrons. The van der Waals surface area contributed by atoms with Crippen molar-refractivity contribution in [1.82, 2.24) is 5.43 Å². The molecule has 0 bridgehead atoms. The van der Waals surface area contributed by atoms with Crippen LogP contribution in [-0.2, 0) is 4.79 Å². The average Bonchev–Trinajstić information content (AvgIpc) is 2.52. The Morgan fingerprint density at radius 2 is 1.92 bits per heavy atom. The van der Waals surface area contributed by atoms with E-state index in [1.165, 1.54) is 19.2 Å². The summed E-state index contributed by atoms with van der Waals surface area (Å²) in [5.41, 5.74) is 3.74. The maximum atomic E-state index is 12.0. The number of hydrazone groups is 1. The maximum Gasteiger partial charge on any atom is 0.271 e. The number of aromatic hydroxyl groups is 1. The van der Waals surface area contributed by atoms with Crippen LogP contribution in [0.2, 0.25) is 5.02 Å². The van der Waals surface area contributed by atoms with Crippen molar-refractivity contribution < 1.29 is 14.7 Å². The fraction of sp³-hybridized carbons (Fsp3) is 0.0625. The molecule has 6 nitrogen and oxygen atoms in total. The maximum absolute atomic E-state index is 12.0. The molecule has 24 heavy (non-hydrogen) atoms. The van der Waals surface area contributed by atoms with Gasteiger partial charge in [-0.2, -0.15) is 5.10 Å². The number of rotatable bonds is 4. The number of benzene rings is 2. The molecule has 0 fully saturated rings. The van der Waals surface area contributed by atoms with Gasteiger partial charge in [0, 0.05) is 28.8 Å². The Balaban J connectivity index is 2.04. The number of nitrogens with one attached hydrogen (secondary N) is 2. The molecule has 0 saturated heterocycles. The number of carbonyl (C=O) groups is 2. The lowest BCUT2D eigenvalue weighted by molar-refractivity contribution is -0.114. The lowest BCUT2D eigenvalue weighted by Crippen LogP contribution is -2.17. The Labute approximate surface area is 157 Å². The number of hydrogen-bond donors (Lipinski definition) is 3. The smallest absolute Gasteiger partial charge is 0.271 e. The quantitative estimate of drug-likeness (QED) is 0.373. The first-order chi connectivity index (χ1) is 11.4. The van der Waals surface area contributed by atoms with Gasteiger partial charge in [0.25, 0.3) is 5.91 Å². The van der Waals surface area contributed by atoms with E-state index in [2.05, 4.69) is 15.8 Å². The summed E-state index contributed by atoms with van der Waals surface area (Å²) in [7, 11) is 0. The van der Waals surface area contributed by atoms with Crippen LogP contribution in [0.5, 0.6) is 5.75 Å². The van der Waals surface area contributed by atoms with Gasteiger partial charge in [-0.1, -0.05) is 11.6 Å². The van der Waals surface area contributed by atoms with Crippen LogP contribution in [0.25, 0.3) is 0 Å². The van der Waals surface area contributed by atoms with E-state index in [4.69, 9.17) is 11.6 Å². The van der Waals surface area contributed by atoms with Gasteiger partial charge in [0.1, 0.15) is 5.75 Å². The molecular weight excluding hydrogens is 445 g/mol. The standard InChI is InChI=1S/C16H13ClIN3O3/c1-9(22)20-13-4-2-10(3-5-13)16(24)21-19-8-11-6-12(17)7-14(18)15(11)23/h2-8,23H,1H3,(H,20,22)(H,21,24)/b19-8-. The van der Waals surface area contributed by atoms with Crippen LogP contribution in [0.1, 0.15) is 22.8 Å². The zero-order valence-corrected chi connectivity index (χ0v) is 15.4. The largest absolute Gasteiger partial charge is 0.506 e. The van der Waals surface area contributed by atoms with Gasteiger partial charge in [-0.25, -0.2) is 5.43 Å². The monoisotopic (exact) mass is 457 g/mol. The van der Waals surface area contributed by atoms with Crippen molar-refractivity contribution in [2.24, 2.45) is 5.10 Å². The topological polar surface area (TPSA) is 90.8 Å². The molecule has 0 aliphatic rings. The summed E-state index contributed by atoms with van der Waals surface area (Å²) >= 11 is 7.86. The van der Waals surface area contributed by atoms with Crippen LogP contribution in [-0.4, -0.2) is 23.1 Å². The van der Waals surface area contributed by atoms with Crippen LogP contribution < -0.4 is 10.7 Å². The van der Waals surface area contributed by atoms with Crippen LogP contribution in [0, 0.1) is 3.57 Å². The summed E-state index contributed by atoms with van der Waals surface area (Å²) in [5.74, 6) is -0.567. The summed E-state index contributed by atoms with van der Waals surface area (Å²) in [4.78, 5) is 22.9. The van der Waals surface area contributed by atoms with Crippen molar-refractivity contribution in [1.29, 1.82) is 0 Å². The molecule has 2 aromatic rings. The number of carbonyl (C=O) groups excluding carboxylic acids is 2. The first-order valence-corrected chi connectivity index (χ1v) is 8.21. The van der Waals surface area contributed by atoms with Crippen molar-refractivity contribution in [3.05, 3.63) is 56.1 Å². The van der Waals surface area contributed by atoms with Gasteiger partial charge in [0.05, 0.1) is 9.78 Å². The first kappa shape index (κ1) is 18.2. The summed E-state index contributed by atoms with van der Waals surface area (Å²) in [6.45, 7) is 1.40. The molecule has 2 amide bonds. The number of phenols is 1. The van der Waals surface area contributed by atoms with Crippen molar-refractivity contribution >= 4 is 57.9 Å². The van der Waals surface area contributed by atoms with Gasteiger partial charge >= 0.3 is 0 Å². The molecule has 0 atom stereocenters. The number of phenolic OH excluding ortho intramolecular Hbond substituents is 1. The molecule has 0 aromatic heterocycles. The minimum absolute atomic E-state index is 0.0395. The Bertz CT molecular complexity index is 807. The molecule has 0 aliphatic heterocycles. The van der Waals surface area contributed by atoms with E-state index in [1.54, 1.807) is 30.3 Å². The Morgan fingerprint density at radius 3 is 2.54 bits per heavy atom. The van der Waals surface area contributed by atoms with Gasteiger partial charge in [-0.15, -0.1) is 0 Å². The molecule has 0 spiro atoms. The zero-order chi connectivity index (χ0) is 17.7. The Hall–Kier alpha value is -2.13. The molecule has 0 aliphatic carbocycles. The molecule has 0 heterocycles. The van der Waals surface area contributed by atoms with Gasteiger partial charge in [-0.05, 0) is 59.0 Å². The number of nitrogens with zero attached hydrogens (tertiary/aromatic N) is 1. The number of anilines is 1. The van der Waals surface area contributed by atoms with E-state index in [-0.39, 0.29) is 11.7 Å². The van der Waals surface area contributed by atoms with Gasteiger partial charge < -0.3 is 10.4 Å². The second-order valence-corrected chi connectivity index (χ2v) is 6.38. The fourth-order valence-electron chi connectivity index (χ4n) is 1.82. The predicted octanol–water partition coefficient (Wildman–Crippen LogP) is 3.37.